The lowest BCUT2D eigenvalue weighted by atomic mass is 9.92. The Labute approximate surface area is 312 Å². The Kier molecular flexibility index (Phi) is 6.86. The van der Waals surface area contributed by atoms with Crippen LogP contribution in [0.15, 0.2) is 188 Å². The molecule has 0 fully saturated rings. The zero-order chi connectivity index (χ0) is 35.6. The molecular formula is C51H33N3. The van der Waals surface area contributed by atoms with E-state index in [1.165, 1.54) is 65.4 Å². The lowest BCUT2D eigenvalue weighted by molar-refractivity contribution is 1.16. The van der Waals surface area contributed by atoms with Gasteiger partial charge in [0.05, 0.1) is 34.1 Å². The second-order valence-electron chi connectivity index (χ2n) is 14.0. The quantitative estimate of drug-likeness (QED) is 0.0986. The number of hydrogen-bond donors (Lipinski definition) is 0. The van der Waals surface area contributed by atoms with Crippen LogP contribution in [-0.4, -0.2) is 9.55 Å². The van der Waals surface area contributed by atoms with Crippen molar-refractivity contribution in [2.45, 2.75) is 0 Å². The molecule has 0 saturated carbocycles. The molecule has 0 aliphatic rings. The summed E-state index contributed by atoms with van der Waals surface area (Å²) in [5.74, 6) is 0. The molecule has 0 spiro atoms. The lowest BCUT2D eigenvalue weighted by Crippen LogP contribution is -2.11. The summed E-state index contributed by atoms with van der Waals surface area (Å²) in [6.07, 6.45) is 6.62. The first-order valence-corrected chi connectivity index (χ1v) is 18.5. The van der Waals surface area contributed by atoms with Gasteiger partial charge in [-0.15, -0.1) is 0 Å². The maximum atomic E-state index is 4.87. The Balaban J connectivity index is 1.14. The third-order valence-corrected chi connectivity index (χ3v) is 10.9. The van der Waals surface area contributed by atoms with Gasteiger partial charge in [0.2, 0.25) is 0 Å². The van der Waals surface area contributed by atoms with Gasteiger partial charge in [0.25, 0.3) is 0 Å². The minimum Gasteiger partial charge on any atom is -0.309 e. The highest BCUT2D eigenvalue weighted by molar-refractivity contribution is 6.25. The summed E-state index contributed by atoms with van der Waals surface area (Å²) in [7, 11) is 0. The topological polar surface area (TPSA) is 21.1 Å². The van der Waals surface area contributed by atoms with E-state index in [-0.39, 0.29) is 0 Å². The first kappa shape index (κ1) is 30.4. The largest absolute Gasteiger partial charge is 0.309 e. The molecule has 9 aromatic carbocycles. The van der Waals surface area contributed by atoms with Crippen molar-refractivity contribution in [1.82, 2.24) is 9.55 Å². The van der Waals surface area contributed by atoms with E-state index in [0.717, 1.165) is 33.5 Å². The number of rotatable bonds is 6. The lowest BCUT2D eigenvalue weighted by Gasteiger charge is -2.29. The molecule has 54 heavy (non-hydrogen) atoms. The molecule has 0 radical (unpaired) electrons. The fourth-order valence-electron chi connectivity index (χ4n) is 8.57. The van der Waals surface area contributed by atoms with E-state index in [0.29, 0.717) is 0 Å². The Morgan fingerprint density at radius 2 is 1.04 bits per heavy atom. The molecule has 11 rings (SSSR count). The van der Waals surface area contributed by atoms with Crippen LogP contribution in [0.5, 0.6) is 0 Å². The maximum Gasteiger partial charge on any atom is 0.0703 e. The van der Waals surface area contributed by atoms with Crippen molar-refractivity contribution in [3.63, 3.8) is 0 Å². The monoisotopic (exact) mass is 687 g/mol. The van der Waals surface area contributed by atoms with E-state index in [4.69, 9.17) is 4.98 Å². The molecule has 3 heteroatoms. The Morgan fingerprint density at radius 1 is 0.444 bits per heavy atom. The maximum absolute atomic E-state index is 4.87. The molecule has 0 amide bonds. The Morgan fingerprint density at radius 3 is 1.76 bits per heavy atom. The van der Waals surface area contributed by atoms with Gasteiger partial charge in [0, 0.05) is 38.3 Å². The molecule has 0 aliphatic heterocycles. The van der Waals surface area contributed by atoms with E-state index in [2.05, 4.69) is 198 Å². The van der Waals surface area contributed by atoms with Gasteiger partial charge in [0.15, 0.2) is 0 Å². The van der Waals surface area contributed by atoms with Gasteiger partial charge in [-0.05, 0) is 87.3 Å². The second kappa shape index (κ2) is 12.2. The highest BCUT2D eigenvalue weighted by Crippen LogP contribution is 2.46. The Bertz CT molecular complexity index is 3120. The molecule has 2 aromatic heterocycles. The summed E-state index contributed by atoms with van der Waals surface area (Å²) < 4.78 is 2.39. The van der Waals surface area contributed by atoms with Crippen LogP contribution >= 0.6 is 0 Å². The zero-order valence-electron chi connectivity index (χ0n) is 29.4. The number of fused-ring (bicyclic) bond motifs is 3. The van der Waals surface area contributed by atoms with Gasteiger partial charge < -0.3 is 9.47 Å². The molecule has 2 heterocycles. The number of anilines is 3. The summed E-state index contributed by atoms with van der Waals surface area (Å²) in [5.41, 5.74) is 10.2. The van der Waals surface area contributed by atoms with Gasteiger partial charge in [-0.3, -0.25) is 4.98 Å². The SMILES string of the molecule is C(=Cc1c2ccccc2c(N(c2ccccc2)c2ccccc2)c2ccccc12)c1cc2ccc3cccc4c3c2c(c1)n4-c1cnc2ccccc2c1. The molecule has 0 aliphatic carbocycles. The molecule has 0 bridgehead atoms. The first-order chi connectivity index (χ1) is 26.8. The predicted molar refractivity (Wildman–Crippen MR) is 230 cm³/mol. The van der Waals surface area contributed by atoms with Gasteiger partial charge in [0.1, 0.15) is 0 Å². The van der Waals surface area contributed by atoms with Crippen molar-refractivity contribution in [3.8, 4) is 5.69 Å². The van der Waals surface area contributed by atoms with Crippen molar-refractivity contribution in [2.75, 3.05) is 4.90 Å². The summed E-state index contributed by atoms with van der Waals surface area (Å²) >= 11 is 0. The van der Waals surface area contributed by atoms with Gasteiger partial charge in [-0.25, -0.2) is 0 Å². The van der Waals surface area contributed by atoms with Crippen LogP contribution in [0.3, 0.4) is 0 Å². The number of para-hydroxylation sites is 3. The van der Waals surface area contributed by atoms with E-state index < -0.39 is 0 Å². The molecule has 0 atom stereocenters. The molecule has 0 saturated heterocycles. The second-order valence-corrected chi connectivity index (χ2v) is 14.0. The van der Waals surface area contributed by atoms with Crippen LogP contribution in [0.1, 0.15) is 11.1 Å². The van der Waals surface area contributed by atoms with Crippen LogP contribution in [0, 0.1) is 0 Å². The molecular weight excluding hydrogens is 655 g/mol. The standard InChI is InChI=1S/C51H33N3/c1-3-16-38(17-4-1)53(39-18-5-2-6-19-39)51-44-22-10-8-20-41(44)43(42-21-9-11-23-45(42)51)29-26-34-30-37-28-27-35-15-13-25-47-49(35)50(37)48(31-34)54(47)40-32-36-14-7-12-24-46(36)52-33-40/h1-33H. The number of benzene rings is 9. The first-order valence-electron chi connectivity index (χ1n) is 18.5. The highest BCUT2D eigenvalue weighted by atomic mass is 15.1. The highest BCUT2D eigenvalue weighted by Gasteiger charge is 2.21. The van der Waals surface area contributed by atoms with Crippen molar-refractivity contribution in [3.05, 3.63) is 199 Å². The zero-order valence-corrected chi connectivity index (χ0v) is 29.4. The fourth-order valence-corrected chi connectivity index (χ4v) is 8.57. The third kappa shape index (κ3) is 4.72. The molecule has 252 valence electrons. The van der Waals surface area contributed by atoms with Crippen LogP contribution in [0.25, 0.3) is 82.9 Å². The van der Waals surface area contributed by atoms with Gasteiger partial charge in [-0.2, -0.15) is 0 Å². The summed E-state index contributed by atoms with van der Waals surface area (Å²) in [6, 6.07) is 65.5. The van der Waals surface area contributed by atoms with Gasteiger partial charge in [-0.1, -0.05) is 140 Å². The van der Waals surface area contributed by atoms with Crippen LogP contribution in [0.2, 0.25) is 0 Å². The average Bonchev–Trinajstić information content (AvgIpc) is 3.58. The van der Waals surface area contributed by atoms with Crippen LogP contribution < -0.4 is 4.90 Å². The number of aromatic nitrogens is 2. The van der Waals surface area contributed by atoms with Crippen LogP contribution in [-0.2, 0) is 0 Å². The van der Waals surface area contributed by atoms with E-state index in [9.17, 15) is 0 Å². The fraction of sp³-hybridized carbons (Fsp3) is 0. The number of pyridine rings is 1. The van der Waals surface area contributed by atoms with E-state index >= 15 is 0 Å². The Hall–Kier alpha value is -7.23. The molecule has 3 nitrogen and oxygen atoms in total. The summed E-state index contributed by atoms with van der Waals surface area (Å²) in [5, 5.41) is 11.0. The minimum absolute atomic E-state index is 0.999. The third-order valence-electron chi connectivity index (χ3n) is 10.9. The summed E-state index contributed by atoms with van der Waals surface area (Å²) in [6.45, 7) is 0. The molecule has 0 N–H and O–H groups in total. The smallest absolute Gasteiger partial charge is 0.0703 e. The van der Waals surface area contributed by atoms with E-state index in [1.54, 1.807) is 0 Å². The van der Waals surface area contributed by atoms with Crippen molar-refractivity contribution in [2.24, 2.45) is 0 Å². The average molecular weight is 688 g/mol. The van der Waals surface area contributed by atoms with Crippen LogP contribution in [0.4, 0.5) is 17.1 Å². The normalized spacial score (nSPS) is 12.0. The minimum atomic E-state index is 0.999. The van der Waals surface area contributed by atoms with E-state index in [1.807, 2.05) is 12.3 Å². The van der Waals surface area contributed by atoms with Crippen molar-refractivity contribution < 1.29 is 0 Å². The molecule has 11 aromatic rings. The number of nitrogens with zero attached hydrogens (tertiary/aromatic N) is 3. The van der Waals surface area contributed by atoms with Gasteiger partial charge >= 0.3 is 0 Å². The summed E-state index contributed by atoms with van der Waals surface area (Å²) in [4.78, 5) is 7.27. The van der Waals surface area contributed by atoms with Crippen molar-refractivity contribution >= 4 is 94.2 Å². The predicted octanol–water partition coefficient (Wildman–Crippen LogP) is 13.9. The molecule has 0 unspecified atom stereocenters. The number of hydrogen-bond acceptors (Lipinski definition) is 2. The van der Waals surface area contributed by atoms with Crippen molar-refractivity contribution in [1.29, 1.82) is 0 Å².